The van der Waals surface area contributed by atoms with Gasteiger partial charge in [0.05, 0.1) is 12.2 Å². The molecule has 0 amide bonds. The van der Waals surface area contributed by atoms with Crippen LogP contribution in [-0.4, -0.2) is 35.6 Å². The van der Waals surface area contributed by atoms with Gasteiger partial charge in [-0.3, -0.25) is 9.47 Å². The van der Waals surface area contributed by atoms with Gasteiger partial charge in [0, 0.05) is 43.0 Å². The van der Waals surface area contributed by atoms with E-state index in [0.29, 0.717) is 17.3 Å². The van der Waals surface area contributed by atoms with Gasteiger partial charge >= 0.3 is 5.76 Å². The standard InChI is InChI=1S/C18H17ClFN3O2/c19-13-1-6-16-17(11-13)25-18(24)23(16)12-21-7-9-22(10-8-21)15-4-2-14(20)3-5-15/h1-6,11H,7-10,12H2. The Morgan fingerprint density at radius 2 is 1.76 bits per heavy atom. The molecule has 5 nitrogen and oxygen atoms in total. The molecule has 0 bridgehead atoms. The molecule has 2 aromatic carbocycles. The molecule has 1 fully saturated rings. The summed E-state index contributed by atoms with van der Waals surface area (Å²) in [7, 11) is 0. The van der Waals surface area contributed by atoms with Crippen LogP contribution in [0.15, 0.2) is 51.7 Å². The maximum atomic E-state index is 13.0. The summed E-state index contributed by atoms with van der Waals surface area (Å²) in [5.41, 5.74) is 2.26. The number of nitrogens with zero attached hydrogens (tertiary/aromatic N) is 3. The van der Waals surface area contributed by atoms with Gasteiger partial charge in [-0.15, -0.1) is 0 Å². The van der Waals surface area contributed by atoms with Crippen LogP contribution in [0.4, 0.5) is 10.1 Å². The van der Waals surface area contributed by atoms with Crippen LogP contribution >= 0.6 is 11.6 Å². The summed E-state index contributed by atoms with van der Waals surface area (Å²) in [6, 6.07) is 11.8. The third-order valence-electron chi connectivity index (χ3n) is 4.54. The average Bonchev–Trinajstić information content (AvgIpc) is 2.91. The molecule has 2 heterocycles. The molecule has 0 radical (unpaired) electrons. The smallest absolute Gasteiger partial charge is 0.408 e. The van der Waals surface area contributed by atoms with Crippen molar-refractivity contribution in [3.05, 3.63) is 63.9 Å². The first-order valence-electron chi connectivity index (χ1n) is 8.12. The molecule has 4 rings (SSSR count). The molecule has 0 saturated carbocycles. The van der Waals surface area contributed by atoms with Gasteiger partial charge < -0.3 is 9.32 Å². The summed E-state index contributed by atoms with van der Waals surface area (Å²) in [4.78, 5) is 16.5. The first-order valence-corrected chi connectivity index (χ1v) is 8.50. The Bertz CT molecular complexity index is 943. The molecule has 130 valence electrons. The van der Waals surface area contributed by atoms with E-state index in [2.05, 4.69) is 9.80 Å². The van der Waals surface area contributed by atoms with Crippen LogP contribution in [0.2, 0.25) is 5.02 Å². The fraction of sp³-hybridized carbons (Fsp3) is 0.278. The van der Waals surface area contributed by atoms with E-state index < -0.39 is 0 Å². The van der Waals surface area contributed by atoms with E-state index in [0.717, 1.165) is 37.4 Å². The first kappa shape index (κ1) is 16.2. The van der Waals surface area contributed by atoms with E-state index in [4.69, 9.17) is 16.0 Å². The molecular weight excluding hydrogens is 345 g/mol. The summed E-state index contributed by atoms with van der Waals surface area (Å²) >= 11 is 5.95. The quantitative estimate of drug-likeness (QED) is 0.718. The molecule has 0 unspecified atom stereocenters. The van der Waals surface area contributed by atoms with Crippen molar-refractivity contribution in [1.82, 2.24) is 9.47 Å². The average molecular weight is 362 g/mol. The summed E-state index contributed by atoms with van der Waals surface area (Å²) < 4.78 is 19.9. The van der Waals surface area contributed by atoms with Crippen LogP contribution in [0, 0.1) is 5.82 Å². The van der Waals surface area contributed by atoms with E-state index in [1.165, 1.54) is 12.1 Å². The molecule has 3 aromatic rings. The molecule has 0 aliphatic carbocycles. The lowest BCUT2D eigenvalue weighted by atomic mass is 10.2. The van der Waals surface area contributed by atoms with Crippen LogP contribution < -0.4 is 10.7 Å². The summed E-state index contributed by atoms with van der Waals surface area (Å²) in [5, 5.41) is 0.543. The zero-order chi connectivity index (χ0) is 17.4. The Morgan fingerprint density at radius 3 is 2.48 bits per heavy atom. The normalized spacial score (nSPS) is 15.8. The second-order valence-electron chi connectivity index (χ2n) is 6.13. The Hall–Kier alpha value is -2.31. The monoisotopic (exact) mass is 361 g/mol. The predicted molar refractivity (Wildman–Crippen MR) is 95.7 cm³/mol. The second kappa shape index (κ2) is 6.54. The van der Waals surface area contributed by atoms with Crippen LogP contribution in [0.3, 0.4) is 0 Å². The van der Waals surface area contributed by atoms with Crippen molar-refractivity contribution >= 4 is 28.4 Å². The van der Waals surface area contributed by atoms with Crippen molar-refractivity contribution in [3.8, 4) is 0 Å². The minimum Gasteiger partial charge on any atom is -0.408 e. The molecule has 1 aliphatic rings. The van der Waals surface area contributed by atoms with E-state index >= 15 is 0 Å². The highest BCUT2D eigenvalue weighted by atomic mass is 35.5. The fourth-order valence-electron chi connectivity index (χ4n) is 3.17. The minimum absolute atomic E-state index is 0.228. The van der Waals surface area contributed by atoms with Crippen molar-refractivity contribution in [2.75, 3.05) is 31.1 Å². The zero-order valence-corrected chi connectivity index (χ0v) is 14.2. The highest BCUT2D eigenvalue weighted by Gasteiger charge is 2.19. The van der Waals surface area contributed by atoms with Gasteiger partial charge in [-0.25, -0.2) is 9.18 Å². The number of anilines is 1. The number of fused-ring (bicyclic) bond motifs is 1. The topological polar surface area (TPSA) is 41.6 Å². The zero-order valence-electron chi connectivity index (χ0n) is 13.5. The number of hydrogen-bond acceptors (Lipinski definition) is 4. The Labute approximate surface area is 148 Å². The van der Waals surface area contributed by atoms with E-state index in [1.54, 1.807) is 34.9 Å². The highest BCUT2D eigenvalue weighted by molar-refractivity contribution is 6.31. The van der Waals surface area contributed by atoms with Crippen molar-refractivity contribution in [2.24, 2.45) is 0 Å². The molecule has 0 N–H and O–H groups in total. The van der Waals surface area contributed by atoms with Gasteiger partial charge in [-0.05, 0) is 36.4 Å². The first-order chi connectivity index (χ1) is 12.1. The van der Waals surface area contributed by atoms with Crippen molar-refractivity contribution in [3.63, 3.8) is 0 Å². The molecule has 25 heavy (non-hydrogen) atoms. The van der Waals surface area contributed by atoms with Crippen molar-refractivity contribution < 1.29 is 8.81 Å². The van der Waals surface area contributed by atoms with Gasteiger partial charge in [0.1, 0.15) is 5.82 Å². The number of aromatic nitrogens is 1. The molecule has 0 spiro atoms. The number of hydrogen-bond donors (Lipinski definition) is 0. The van der Waals surface area contributed by atoms with Crippen LogP contribution in [0.25, 0.3) is 11.1 Å². The number of rotatable bonds is 3. The SMILES string of the molecule is O=c1oc2cc(Cl)ccc2n1CN1CCN(c2ccc(F)cc2)CC1. The third kappa shape index (κ3) is 3.27. The summed E-state index contributed by atoms with van der Waals surface area (Å²) in [6.45, 7) is 3.74. The van der Waals surface area contributed by atoms with Crippen molar-refractivity contribution in [2.45, 2.75) is 6.67 Å². The number of piperazine rings is 1. The lowest BCUT2D eigenvalue weighted by molar-refractivity contribution is 0.202. The van der Waals surface area contributed by atoms with E-state index in [9.17, 15) is 9.18 Å². The minimum atomic E-state index is -0.377. The fourth-order valence-corrected chi connectivity index (χ4v) is 3.34. The molecule has 7 heteroatoms. The van der Waals surface area contributed by atoms with Crippen LogP contribution in [0.1, 0.15) is 0 Å². The van der Waals surface area contributed by atoms with Gasteiger partial charge in [0.25, 0.3) is 0 Å². The number of halogens is 2. The number of oxazole rings is 1. The van der Waals surface area contributed by atoms with E-state index in [1.807, 2.05) is 0 Å². The molecule has 1 saturated heterocycles. The molecular formula is C18H17ClFN3O2. The second-order valence-corrected chi connectivity index (χ2v) is 6.57. The van der Waals surface area contributed by atoms with Gasteiger partial charge in [-0.2, -0.15) is 0 Å². The highest BCUT2D eigenvalue weighted by Crippen LogP contribution is 2.20. The third-order valence-corrected chi connectivity index (χ3v) is 4.77. The van der Waals surface area contributed by atoms with Crippen molar-refractivity contribution in [1.29, 1.82) is 0 Å². The lowest BCUT2D eigenvalue weighted by Crippen LogP contribution is -2.47. The molecule has 1 aromatic heterocycles. The summed E-state index contributed by atoms with van der Waals surface area (Å²) in [6.07, 6.45) is 0. The Balaban J connectivity index is 1.46. The van der Waals surface area contributed by atoms with Gasteiger partial charge in [0.2, 0.25) is 0 Å². The van der Waals surface area contributed by atoms with Crippen LogP contribution in [-0.2, 0) is 6.67 Å². The Morgan fingerprint density at radius 1 is 1.04 bits per heavy atom. The van der Waals surface area contributed by atoms with Gasteiger partial charge in [-0.1, -0.05) is 11.6 Å². The Kier molecular flexibility index (Phi) is 4.23. The predicted octanol–water partition coefficient (Wildman–Crippen LogP) is 3.17. The van der Waals surface area contributed by atoms with Gasteiger partial charge in [0.15, 0.2) is 5.58 Å². The summed E-state index contributed by atoms with van der Waals surface area (Å²) in [5.74, 6) is -0.605. The maximum absolute atomic E-state index is 13.0. The largest absolute Gasteiger partial charge is 0.421 e. The van der Waals surface area contributed by atoms with Crippen LogP contribution in [0.5, 0.6) is 0 Å². The lowest BCUT2D eigenvalue weighted by Gasteiger charge is -2.36. The number of benzene rings is 2. The molecule has 1 aliphatic heterocycles. The van der Waals surface area contributed by atoms with E-state index in [-0.39, 0.29) is 11.6 Å². The molecule has 0 atom stereocenters. The maximum Gasteiger partial charge on any atom is 0.421 e.